The molecule has 2 aliphatic rings. The van der Waals surface area contributed by atoms with Crippen LogP contribution < -0.4 is 0 Å². The number of hydrogen-bond donors (Lipinski definition) is 1. The van der Waals surface area contributed by atoms with E-state index >= 15 is 0 Å². The zero-order valence-corrected chi connectivity index (χ0v) is 8.71. The van der Waals surface area contributed by atoms with E-state index in [4.69, 9.17) is 0 Å². The number of rotatable bonds is 3. The maximum absolute atomic E-state index is 12.2. The van der Waals surface area contributed by atoms with Gasteiger partial charge in [0.25, 0.3) is 0 Å². The second kappa shape index (κ2) is 4.15. The van der Waals surface area contributed by atoms with Gasteiger partial charge in [0.2, 0.25) is 0 Å². The van der Waals surface area contributed by atoms with E-state index in [1.54, 1.807) is 0 Å². The lowest BCUT2D eigenvalue weighted by Crippen LogP contribution is -2.45. The third-order valence-corrected chi connectivity index (χ3v) is 3.88. The first-order valence-electron chi connectivity index (χ1n) is 5.76. The zero-order valence-electron chi connectivity index (χ0n) is 8.71. The summed E-state index contributed by atoms with van der Waals surface area (Å²) in [6, 6.07) is 0. The van der Waals surface area contributed by atoms with Crippen molar-refractivity contribution < 1.29 is 9.50 Å². The predicted octanol–water partition coefficient (Wildman–Crippen LogP) is 1.73. The number of aliphatic hydroxyl groups excluding tert-OH is 1. The van der Waals surface area contributed by atoms with E-state index < -0.39 is 12.8 Å². The second-order valence-electron chi connectivity index (χ2n) is 4.79. The predicted molar refractivity (Wildman–Crippen MR) is 54.0 cm³/mol. The van der Waals surface area contributed by atoms with Crippen molar-refractivity contribution in [1.29, 1.82) is 0 Å². The molecule has 2 fully saturated rings. The molecule has 1 unspecified atom stereocenters. The highest BCUT2D eigenvalue weighted by molar-refractivity contribution is 4.99. The average molecular weight is 201 g/mol. The number of likely N-dealkylation sites (tertiary alicyclic amines) is 1. The van der Waals surface area contributed by atoms with Crippen molar-refractivity contribution in [3.05, 3.63) is 0 Å². The molecule has 0 aromatic heterocycles. The molecule has 14 heavy (non-hydrogen) atoms. The van der Waals surface area contributed by atoms with E-state index in [1.165, 1.54) is 38.5 Å². The first kappa shape index (κ1) is 10.4. The van der Waals surface area contributed by atoms with Gasteiger partial charge in [-0.15, -0.1) is 0 Å². The van der Waals surface area contributed by atoms with Gasteiger partial charge in [-0.25, -0.2) is 4.39 Å². The van der Waals surface area contributed by atoms with Crippen molar-refractivity contribution in [3.63, 3.8) is 0 Å². The van der Waals surface area contributed by atoms with E-state index in [2.05, 4.69) is 4.90 Å². The Morgan fingerprint density at radius 3 is 2.50 bits per heavy atom. The molecule has 1 saturated heterocycles. The van der Waals surface area contributed by atoms with Crippen LogP contribution >= 0.6 is 0 Å². The lowest BCUT2D eigenvalue weighted by atomic mass is 9.94. The van der Waals surface area contributed by atoms with Crippen LogP contribution in [0, 0.1) is 0 Å². The number of alkyl halides is 1. The topological polar surface area (TPSA) is 23.5 Å². The van der Waals surface area contributed by atoms with Crippen molar-refractivity contribution in [2.45, 2.75) is 50.2 Å². The summed E-state index contributed by atoms with van der Waals surface area (Å²) in [6.45, 7) is 0.986. The first-order valence-corrected chi connectivity index (χ1v) is 5.76. The summed E-state index contributed by atoms with van der Waals surface area (Å²) in [5.41, 5.74) is 0.343. The van der Waals surface area contributed by atoms with Crippen LogP contribution in [0.1, 0.15) is 38.5 Å². The van der Waals surface area contributed by atoms with Crippen LogP contribution in [-0.4, -0.2) is 41.4 Å². The maximum atomic E-state index is 12.2. The molecule has 0 amide bonds. The minimum absolute atomic E-state index is 0.343. The molecule has 0 radical (unpaired) electrons. The fraction of sp³-hybridized carbons (Fsp3) is 1.00. The van der Waals surface area contributed by atoms with E-state index in [0.717, 1.165) is 6.54 Å². The maximum Gasteiger partial charge on any atom is 0.117 e. The Kier molecular flexibility index (Phi) is 3.07. The molecule has 0 bridgehead atoms. The van der Waals surface area contributed by atoms with Crippen molar-refractivity contribution >= 4 is 0 Å². The van der Waals surface area contributed by atoms with Crippen molar-refractivity contribution in [3.8, 4) is 0 Å². The highest BCUT2D eigenvalue weighted by Crippen LogP contribution is 2.42. The van der Waals surface area contributed by atoms with Gasteiger partial charge in [-0.3, -0.25) is 4.90 Å². The third kappa shape index (κ3) is 1.80. The number of halogens is 1. The van der Waals surface area contributed by atoms with Crippen molar-refractivity contribution in [1.82, 2.24) is 4.90 Å². The van der Waals surface area contributed by atoms with Crippen LogP contribution in [0.2, 0.25) is 0 Å². The number of aliphatic hydroxyl groups is 1. The molecule has 2 rings (SSSR count). The van der Waals surface area contributed by atoms with Crippen molar-refractivity contribution in [2.24, 2.45) is 0 Å². The number of hydrogen-bond acceptors (Lipinski definition) is 2. The normalized spacial score (nSPS) is 28.7. The van der Waals surface area contributed by atoms with Gasteiger partial charge in [0.15, 0.2) is 0 Å². The van der Waals surface area contributed by atoms with E-state index in [9.17, 15) is 9.50 Å². The van der Waals surface area contributed by atoms with E-state index in [-0.39, 0.29) is 0 Å². The summed E-state index contributed by atoms with van der Waals surface area (Å²) in [7, 11) is 0. The molecule has 0 aromatic carbocycles. The molecular weight excluding hydrogens is 181 g/mol. The number of nitrogens with zero attached hydrogens (tertiary/aromatic N) is 1. The van der Waals surface area contributed by atoms with E-state index in [0.29, 0.717) is 12.1 Å². The van der Waals surface area contributed by atoms with Crippen LogP contribution in [0.3, 0.4) is 0 Å². The third-order valence-electron chi connectivity index (χ3n) is 3.88. The van der Waals surface area contributed by atoms with Gasteiger partial charge in [0.1, 0.15) is 6.67 Å². The summed E-state index contributed by atoms with van der Waals surface area (Å²) in [5, 5.41) is 9.35. The largest absolute Gasteiger partial charge is 0.389 e. The number of β-amino-alcohol motifs (C(OH)–C–C–N with tert-alkyl or cyclic N) is 1. The summed E-state index contributed by atoms with van der Waals surface area (Å²) in [5.74, 6) is 0. The Hall–Kier alpha value is -0.150. The lowest BCUT2D eigenvalue weighted by molar-refractivity contribution is 0.0511. The van der Waals surface area contributed by atoms with Gasteiger partial charge in [0, 0.05) is 12.1 Å². The van der Waals surface area contributed by atoms with Gasteiger partial charge in [-0.05, 0) is 32.2 Å². The van der Waals surface area contributed by atoms with Crippen LogP contribution in [0.15, 0.2) is 0 Å². The molecule has 1 spiro atoms. The smallest absolute Gasteiger partial charge is 0.117 e. The summed E-state index contributed by atoms with van der Waals surface area (Å²) >= 11 is 0. The molecule has 82 valence electrons. The van der Waals surface area contributed by atoms with E-state index in [1.807, 2.05) is 0 Å². The Balaban J connectivity index is 1.96. The molecule has 1 heterocycles. The minimum atomic E-state index is -0.773. The highest BCUT2D eigenvalue weighted by atomic mass is 19.1. The first-order chi connectivity index (χ1) is 6.77. The molecule has 1 aliphatic heterocycles. The van der Waals surface area contributed by atoms with Gasteiger partial charge in [-0.1, -0.05) is 12.8 Å². The quantitative estimate of drug-likeness (QED) is 0.751. The molecule has 1 aliphatic carbocycles. The molecule has 2 nitrogen and oxygen atoms in total. The Labute approximate surface area is 85.1 Å². The average Bonchev–Trinajstić information content (AvgIpc) is 2.79. The van der Waals surface area contributed by atoms with Gasteiger partial charge < -0.3 is 5.11 Å². The second-order valence-corrected chi connectivity index (χ2v) is 4.79. The van der Waals surface area contributed by atoms with Gasteiger partial charge in [0.05, 0.1) is 6.10 Å². The van der Waals surface area contributed by atoms with Crippen molar-refractivity contribution in [2.75, 3.05) is 19.8 Å². The zero-order chi connectivity index (χ0) is 10.0. The molecule has 1 saturated carbocycles. The van der Waals surface area contributed by atoms with Gasteiger partial charge in [-0.2, -0.15) is 0 Å². The Morgan fingerprint density at radius 2 is 1.86 bits per heavy atom. The summed E-state index contributed by atoms with van der Waals surface area (Å²) < 4.78 is 12.2. The van der Waals surface area contributed by atoms with Crippen LogP contribution in [-0.2, 0) is 0 Å². The highest BCUT2D eigenvalue weighted by Gasteiger charge is 2.42. The SMILES string of the molecule is OC(CF)CN1CCCC12CCCC2. The molecular formula is C11H20FNO. The standard InChI is InChI=1S/C11H20FNO/c12-8-10(14)9-13-7-3-6-11(13)4-1-2-5-11/h10,14H,1-9H2. The molecule has 0 aromatic rings. The van der Waals surface area contributed by atoms with Crippen LogP contribution in [0.5, 0.6) is 0 Å². The monoisotopic (exact) mass is 201 g/mol. The summed E-state index contributed by atoms with van der Waals surface area (Å²) in [6.07, 6.45) is 6.83. The molecule has 1 N–H and O–H groups in total. The molecule has 1 atom stereocenters. The molecule has 3 heteroatoms. The fourth-order valence-electron chi connectivity index (χ4n) is 3.18. The van der Waals surface area contributed by atoms with Crippen LogP contribution in [0.4, 0.5) is 4.39 Å². The Morgan fingerprint density at radius 1 is 1.21 bits per heavy atom. The minimum Gasteiger partial charge on any atom is -0.389 e. The summed E-state index contributed by atoms with van der Waals surface area (Å²) in [4.78, 5) is 2.34. The van der Waals surface area contributed by atoms with Crippen LogP contribution in [0.25, 0.3) is 0 Å². The fourth-order valence-corrected chi connectivity index (χ4v) is 3.18. The Bertz CT molecular complexity index is 186. The van der Waals surface area contributed by atoms with Gasteiger partial charge >= 0.3 is 0 Å². The lowest BCUT2D eigenvalue weighted by Gasteiger charge is -2.36.